The Morgan fingerprint density at radius 3 is 2.41 bits per heavy atom. The molecule has 144 valence electrons. The van der Waals surface area contributed by atoms with Gasteiger partial charge in [0.25, 0.3) is 0 Å². The van der Waals surface area contributed by atoms with Gasteiger partial charge in [-0.25, -0.2) is 0 Å². The molecule has 2 aromatic rings. The number of aromatic nitrogens is 2. The second-order valence-corrected chi connectivity index (χ2v) is 8.25. The Balaban J connectivity index is 1.55. The molecule has 1 saturated heterocycles. The van der Waals surface area contributed by atoms with Gasteiger partial charge in [-0.15, -0.1) is 0 Å². The zero-order valence-electron chi connectivity index (χ0n) is 15.6. The second-order valence-electron chi connectivity index (χ2n) is 7.52. The van der Waals surface area contributed by atoms with E-state index in [9.17, 15) is 14.7 Å². The Morgan fingerprint density at radius 2 is 1.78 bits per heavy atom. The number of nitrogens with zero attached hydrogens (tertiary/aromatic N) is 4. The van der Waals surface area contributed by atoms with E-state index >= 15 is 0 Å². The standard InChI is InChI=1S/C19H24N4O3S/c1-19(2,13-16(25)26)12-15(24)22-8-10-23(11-9-22)18-20-17(21-27-18)14-6-4-3-5-7-14/h3-7H,8-13H2,1-2H3,(H,25,26)/p-1. The van der Waals surface area contributed by atoms with Gasteiger partial charge in [-0.05, 0) is 11.8 Å². The lowest BCUT2D eigenvalue weighted by Crippen LogP contribution is -2.49. The molecule has 1 aromatic carbocycles. The minimum absolute atomic E-state index is 0.0110. The average molecular weight is 387 g/mol. The normalized spacial score (nSPS) is 15.0. The summed E-state index contributed by atoms with van der Waals surface area (Å²) in [5.74, 6) is -0.413. The van der Waals surface area contributed by atoms with Gasteiger partial charge in [0, 0.05) is 55.7 Å². The molecule has 7 nitrogen and oxygen atoms in total. The first kappa shape index (κ1) is 19.3. The van der Waals surface area contributed by atoms with Crippen molar-refractivity contribution in [3.8, 4) is 11.4 Å². The monoisotopic (exact) mass is 387 g/mol. The number of hydrogen-bond donors (Lipinski definition) is 0. The number of hydrogen-bond acceptors (Lipinski definition) is 7. The molecule has 0 spiro atoms. The number of carbonyl (C=O) groups excluding carboxylic acids is 2. The van der Waals surface area contributed by atoms with E-state index in [1.54, 1.807) is 18.7 Å². The van der Waals surface area contributed by atoms with Gasteiger partial charge in [0.1, 0.15) is 0 Å². The fourth-order valence-corrected chi connectivity index (χ4v) is 3.91. The maximum atomic E-state index is 12.5. The molecule has 0 saturated carbocycles. The van der Waals surface area contributed by atoms with Crippen LogP contribution in [0.1, 0.15) is 26.7 Å². The fourth-order valence-electron chi connectivity index (χ4n) is 3.17. The summed E-state index contributed by atoms with van der Waals surface area (Å²) >= 11 is 1.37. The second kappa shape index (κ2) is 8.04. The van der Waals surface area contributed by atoms with Crippen LogP contribution in [0.2, 0.25) is 0 Å². The van der Waals surface area contributed by atoms with Crippen molar-refractivity contribution in [2.24, 2.45) is 5.41 Å². The average Bonchev–Trinajstić information content (AvgIpc) is 3.11. The molecule has 0 N–H and O–H groups in total. The summed E-state index contributed by atoms with van der Waals surface area (Å²) in [4.78, 5) is 31.9. The van der Waals surface area contributed by atoms with Crippen LogP contribution in [-0.4, -0.2) is 52.3 Å². The van der Waals surface area contributed by atoms with Gasteiger partial charge >= 0.3 is 0 Å². The predicted octanol–water partition coefficient (Wildman–Crippen LogP) is 1.41. The number of carboxylic acids is 1. The number of piperazine rings is 1. The Hall–Kier alpha value is -2.48. The number of aliphatic carboxylic acids is 1. The van der Waals surface area contributed by atoms with E-state index in [0.717, 1.165) is 16.5 Å². The van der Waals surface area contributed by atoms with Crippen molar-refractivity contribution in [1.82, 2.24) is 14.3 Å². The van der Waals surface area contributed by atoms with Crippen molar-refractivity contribution < 1.29 is 14.7 Å². The molecule has 27 heavy (non-hydrogen) atoms. The van der Waals surface area contributed by atoms with Gasteiger partial charge in [0.2, 0.25) is 11.0 Å². The summed E-state index contributed by atoms with van der Waals surface area (Å²) in [5.41, 5.74) is 0.389. The maximum Gasteiger partial charge on any atom is 0.223 e. The molecule has 1 aliphatic heterocycles. The Bertz CT molecular complexity index is 798. The van der Waals surface area contributed by atoms with Crippen LogP contribution in [-0.2, 0) is 9.59 Å². The van der Waals surface area contributed by atoms with Crippen LogP contribution in [0, 0.1) is 5.41 Å². The zero-order valence-corrected chi connectivity index (χ0v) is 16.4. The molecule has 0 bridgehead atoms. The van der Waals surface area contributed by atoms with E-state index in [2.05, 4.69) is 14.3 Å². The number of anilines is 1. The first-order chi connectivity index (χ1) is 12.8. The van der Waals surface area contributed by atoms with Gasteiger partial charge in [-0.3, -0.25) is 4.79 Å². The number of rotatable bonds is 6. The SMILES string of the molecule is CC(C)(CC(=O)[O-])CC(=O)N1CCN(c2nc(-c3ccccc3)ns2)CC1. The lowest BCUT2D eigenvalue weighted by molar-refractivity contribution is -0.307. The fraction of sp³-hybridized carbons (Fsp3) is 0.474. The lowest BCUT2D eigenvalue weighted by atomic mass is 9.85. The Labute approximate surface area is 162 Å². The highest BCUT2D eigenvalue weighted by Gasteiger charge is 2.28. The van der Waals surface area contributed by atoms with E-state index < -0.39 is 11.4 Å². The van der Waals surface area contributed by atoms with Crippen molar-refractivity contribution in [3.63, 3.8) is 0 Å². The molecule has 0 radical (unpaired) electrons. The van der Waals surface area contributed by atoms with E-state index in [0.29, 0.717) is 26.2 Å². The maximum absolute atomic E-state index is 12.5. The Kier molecular flexibility index (Phi) is 5.74. The van der Waals surface area contributed by atoms with Gasteiger partial charge in [-0.2, -0.15) is 9.36 Å². The minimum Gasteiger partial charge on any atom is -0.550 e. The first-order valence-electron chi connectivity index (χ1n) is 8.96. The third-order valence-corrected chi connectivity index (χ3v) is 5.38. The number of benzene rings is 1. The van der Waals surface area contributed by atoms with E-state index in [1.807, 2.05) is 30.3 Å². The Morgan fingerprint density at radius 1 is 1.11 bits per heavy atom. The largest absolute Gasteiger partial charge is 0.550 e. The van der Waals surface area contributed by atoms with Crippen molar-refractivity contribution in [2.45, 2.75) is 26.7 Å². The molecule has 8 heteroatoms. The van der Waals surface area contributed by atoms with Crippen LogP contribution in [0.5, 0.6) is 0 Å². The van der Waals surface area contributed by atoms with Gasteiger partial charge < -0.3 is 19.7 Å². The van der Waals surface area contributed by atoms with Crippen molar-refractivity contribution >= 4 is 28.5 Å². The molecule has 0 atom stereocenters. The van der Waals surface area contributed by atoms with E-state index in [4.69, 9.17) is 0 Å². The van der Waals surface area contributed by atoms with E-state index in [-0.39, 0.29) is 18.7 Å². The highest BCUT2D eigenvalue weighted by molar-refractivity contribution is 7.09. The highest BCUT2D eigenvalue weighted by Crippen LogP contribution is 2.27. The summed E-state index contributed by atoms with van der Waals surface area (Å²) in [6, 6.07) is 9.85. The lowest BCUT2D eigenvalue weighted by Gasteiger charge is -2.36. The predicted molar refractivity (Wildman–Crippen MR) is 102 cm³/mol. The number of carboxylic acid groups (broad SMARTS) is 1. The molecule has 1 aromatic heterocycles. The van der Waals surface area contributed by atoms with Crippen molar-refractivity contribution in [1.29, 1.82) is 0 Å². The molecular weight excluding hydrogens is 364 g/mol. The molecule has 1 aliphatic rings. The van der Waals surface area contributed by atoms with Crippen LogP contribution >= 0.6 is 11.5 Å². The molecular formula is C19H23N4O3S-. The minimum atomic E-state index is -1.12. The summed E-state index contributed by atoms with van der Waals surface area (Å²) in [6.45, 7) is 6.14. The van der Waals surface area contributed by atoms with Crippen molar-refractivity contribution in [2.75, 3.05) is 31.1 Å². The third-order valence-electron chi connectivity index (χ3n) is 4.60. The molecule has 2 heterocycles. The van der Waals surface area contributed by atoms with Crippen LogP contribution in [0.3, 0.4) is 0 Å². The summed E-state index contributed by atoms with van der Waals surface area (Å²) in [5, 5.41) is 11.7. The third kappa shape index (κ3) is 5.03. The topological polar surface area (TPSA) is 89.5 Å². The number of amides is 1. The molecule has 3 rings (SSSR count). The molecule has 1 amide bonds. The van der Waals surface area contributed by atoms with Crippen LogP contribution < -0.4 is 10.0 Å². The quantitative estimate of drug-likeness (QED) is 0.745. The molecule has 1 fully saturated rings. The van der Waals surface area contributed by atoms with E-state index in [1.165, 1.54) is 11.5 Å². The van der Waals surface area contributed by atoms with Gasteiger partial charge in [-0.1, -0.05) is 44.2 Å². The van der Waals surface area contributed by atoms with Crippen LogP contribution in [0.25, 0.3) is 11.4 Å². The van der Waals surface area contributed by atoms with Crippen LogP contribution in [0.4, 0.5) is 5.13 Å². The van der Waals surface area contributed by atoms with Gasteiger partial charge in [0.05, 0.1) is 0 Å². The first-order valence-corrected chi connectivity index (χ1v) is 9.73. The summed E-state index contributed by atoms with van der Waals surface area (Å²) in [6.07, 6.45) is 0.0870. The summed E-state index contributed by atoms with van der Waals surface area (Å²) in [7, 11) is 0. The van der Waals surface area contributed by atoms with Crippen molar-refractivity contribution in [3.05, 3.63) is 30.3 Å². The zero-order chi connectivity index (χ0) is 19.4. The molecule has 0 unspecified atom stereocenters. The number of carbonyl (C=O) groups is 2. The van der Waals surface area contributed by atoms with Gasteiger partial charge in [0.15, 0.2) is 5.82 Å². The van der Waals surface area contributed by atoms with Crippen LogP contribution in [0.15, 0.2) is 30.3 Å². The highest BCUT2D eigenvalue weighted by atomic mass is 32.1. The molecule has 0 aliphatic carbocycles. The smallest absolute Gasteiger partial charge is 0.223 e. The summed E-state index contributed by atoms with van der Waals surface area (Å²) < 4.78 is 4.44.